The molecule has 0 aromatic heterocycles. The second-order valence-electron chi connectivity index (χ2n) is 5.53. The summed E-state index contributed by atoms with van der Waals surface area (Å²) in [6, 6.07) is 0.246. The average molecular weight is 255 g/mol. The Morgan fingerprint density at radius 2 is 2.06 bits per heavy atom. The lowest BCUT2D eigenvalue weighted by Crippen LogP contribution is -2.41. The number of carbonyl (C=O) groups excluding carboxylic acids is 2. The van der Waals surface area contributed by atoms with Crippen LogP contribution in [0.25, 0.3) is 0 Å². The first-order valence-corrected chi connectivity index (χ1v) is 6.69. The van der Waals surface area contributed by atoms with Gasteiger partial charge in [0.1, 0.15) is 0 Å². The summed E-state index contributed by atoms with van der Waals surface area (Å²) in [5.41, 5.74) is 5.94. The van der Waals surface area contributed by atoms with Gasteiger partial charge in [0, 0.05) is 25.6 Å². The van der Waals surface area contributed by atoms with Gasteiger partial charge in [0.15, 0.2) is 0 Å². The summed E-state index contributed by atoms with van der Waals surface area (Å²) in [7, 11) is 1.67. The van der Waals surface area contributed by atoms with Gasteiger partial charge in [-0.1, -0.05) is 6.42 Å². The molecule has 1 aliphatic carbocycles. The molecule has 0 saturated heterocycles. The molecule has 0 spiro atoms. The Bertz CT molecular complexity index is 305. The van der Waals surface area contributed by atoms with Crippen LogP contribution in [0.4, 0.5) is 0 Å². The summed E-state index contributed by atoms with van der Waals surface area (Å²) in [6.45, 7) is 3.92. The lowest BCUT2D eigenvalue weighted by Gasteiger charge is -2.21. The molecule has 5 nitrogen and oxygen atoms in total. The molecule has 3 N–H and O–H groups in total. The largest absolute Gasteiger partial charge is 0.352 e. The van der Waals surface area contributed by atoms with E-state index in [1.165, 1.54) is 4.90 Å². The molecular formula is C13H25N3O2. The molecular weight excluding hydrogens is 230 g/mol. The summed E-state index contributed by atoms with van der Waals surface area (Å²) in [4.78, 5) is 25.0. The molecule has 0 radical (unpaired) electrons. The topological polar surface area (TPSA) is 75.4 Å². The third-order valence-corrected chi connectivity index (χ3v) is 3.41. The second-order valence-corrected chi connectivity index (χ2v) is 5.53. The van der Waals surface area contributed by atoms with Gasteiger partial charge in [0.05, 0.1) is 6.54 Å². The molecule has 0 unspecified atom stereocenters. The van der Waals surface area contributed by atoms with Gasteiger partial charge in [-0.05, 0) is 32.6 Å². The summed E-state index contributed by atoms with van der Waals surface area (Å²) in [5.74, 6) is 0.181. The highest BCUT2D eigenvalue weighted by molar-refractivity contribution is 5.84. The smallest absolute Gasteiger partial charge is 0.239 e. The quantitative estimate of drug-likeness (QED) is 0.750. The average Bonchev–Trinajstić information content (AvgIpc) is 2.62. The van der Waals surface area contributed by atoms with Crippen molar-refractivity contribution < 1.29 is 9.59 Å². The van der Waals surface area contributed by atoms with Crippen LogP contribution in [0.2, 0.25) is 0 Å². The van der Waals surface area contributed by atoms with Gasteiger partial charge in [-0.15, -0.1) is 0 Å². The van der Waals surface area contributed by atoms with Crippen LogP contribution in [0.3, 0.4) is 0 Å². The van der Waals surface area contributed by atoms with E-state index < -0.39 is 0 Å². The number of carbonyl (C=O) groups is 2. The minimum atomic E-state index is -0.114. The van der Waals surface area contributed by atoms with Crippen molar-refractivity contribution in [3.63, 3.8) is 0 Å². The van der Waals surface area contributed by atoms with Crippen LogP contribution in [0.15, 0.2) is 0 Å². The minimum Gasteiger partial charge on any atom is -0.352 e. The first-order chi connectivity index (χ1) is 8.40. The third kappa shape index (κ3) is 4.64. The predicted octanol–water partition coefficient (Wildman–Crippen LogP) is 0.487. The Hall–Kier alpha value is -1.10. The van der Waals surface area contributed by atoms with Crippen molar-refractivity contribution in [1.82, 2.24) is 10.2 Å². The number of nitrogens with two attached hydrogens (primary N) is 1. The van der Waals surface area contributed by atoms with Crippen LogP contribution in [0, 0.1) is 5.92 Å². The zero-order chi connectivity index (χ0) is 13.7. The van der Waals surface area contributed by atoms with Gasteiger partial charge in [-0.2, -0.15) is 0 Å². The van der Waals surface area contributed by atoms with E-state index >= 15 is 0 Å². The molecule has 0 aliphatic heterocycles. The van der Waals surface area contributed by atoms with Crippen molar-refractivity contribution in [3.05, 3.63) is 0 Å². The second kappa shape index (κ2) is 6.73. The normalized spacial score (nSPS) is 23.2. The van der Waals surface area contributed by atoms with Crippen molar-refractivity contribution in [2.24, 2.45) is 11.7 Å². The zero-order valence-corrected chi connectivity index (χ0v) is 11.6. The fraction of sp³-hybridized carbons (Fsp3) is 0.846. The maximum atomic E-state index is 12.0. The molecule has 104 valence electrons. The van der Waals surface area contributed by atoms with Crippen molar-refractivity contribution in [3.8, 4) is 0 Å². The van der Waals surface area contributed by atoms with E-state index in [9.17, 15) is 9.59 Å². The maximum Gasteiger partial charge on any atom is 0.239 e. The van der Waals surface area contributed by atoms with Crippen LogP contribution in [0.5, 0.6) is 0 Å². The molecule has 5 heteroatoms. The van der Waals surface area contributed by atoms with Crippen molar-refractivity contribution in [2.75, 3.05) is 13.6 Å². The van der Waals surface area contributed by atoms with E-state index in [0.717, 1.165) is 19.3 Å². The molecule has 2 amide bonds. The molecule has 1 aliphatic rings. The Balaban J connectivity index is 2.34. The number of nitrogens with one attached hydrogen (secondary N) is 1. The zero-order valence-electron chi connectivity index (χ0n) is 11.6. The van der Waals surface area contributed by atoms with Crippen LogP contribution in [-0.4, -0.2) is 42.4 Å². The highest BCUT2D eigenvalue weighted by Crippen LogP contribution is 2.27. The predicted molar refractivity (Wildman–Crippen MR) is 70.8 cm³/mol. The van der Waals surface area contributed by atoms with E-state index in [1.807, 2.05) is 13.8 Å². The molecule has 0 aromatic carbocycles. The van der Waals surface area contributed by atoms with Crippen LogP contribution in [0.1, 0.15) is 39.5 Å². The van der Waals surface area contributed by atoms with Gasteiger partial charge in [0.2, 0.25) is 11.8 Å². The summed E-state index contributed by atoms with van der Waals surface area (Å²) in [5, 5.41) is 2.77. The number of rotatable bonds is 5. The monoisotopic (exact) mass is 255 g/mol. The van der Waals surface area contributed by atoms with Crippen LogP contribution in [-0.2, 0) is 9.59 Å². The van der Waals surface area contributed by atoms with Gasteiger partial charge in [0.25, 0.3) is 0 Å². The van der Waals surface area contributed by atoms with E-state index in [2.05, 4.69) is 5.32 Å². The molecule has 1 fully saturated rings. The van der Waals surface area contributed by atoms with Gasteiger partial charge in [-0.25, -0.2) is 0 Å². The van der Waals surface area contributed by atoms with Crippen molar-refractivity contribution >= 4 is 11.8 Å². The number of hydrogen-bond acceptors (Lipinski definition) is 3. The lowest BCUT2D eigenvalue weighted by atomic mass is 9.99. The fourth-order valence-corrected chi connectivity index (χ4v) is 2.37. The molecule has 0 aromatic rings. The standard InChI is InChI=1S/C13H25N3O2/c1-9(2)15-12(17)8-16(3)13(18)7-10-5-4-6-11(10)14/h9-11H,4-8,14H2,1-3H3,(H,15,17)/t10-,11+/m0/s1. The Labute approximate surface area is 109 Å². The molecule has 1 rings (SSSR count). The highest BCUT2D eigenvalue weighted by Gasteiger charge is 2.27. The van der Waals surface area contributed by atoms with Crippen LogP contribution >= 0.6 is 0 Å². The van der Waals surface area contributed by atoms with E-state index in [1.54, 1.807) is 7.05 Å². The summed E-state index contributed by atoms with van der Waals surface area (Å²) >= 11 is 0. The lowest BCUT2D eigenvalue weighted by molar-refractivity contribution is -0.135. The highest BCUT2D eigenvalue weighted by atomic mass is 16.2. The molecule has 1 saturated carbocycles. The minimum absolute atomic E-state index is 0.0104. The number of amides is 2. The molecule has 0 heterocycles. The Morgan fingerprint density at radius 3 is 2.56 bits per heavy atom. The maximum absolute atomic E-state index is 12.0. The third-order valence-electron chi connectivity index (χ3n) is 3.41. The molecule has 0 bridgehead atoms. The number of nitrogens with zero attached hydrogens (tertiary/aromatic N) is 1. The molecule has 2 atom stereocenters. The first-order valence-electron chi connectivity index (χ1n) is 6.69. The summed E-state index contributed by atoms with van der Waals surface area (Å²) < 4.78 is 0. The number of hydrogen-bond donors (Lipinski definition) is 2. The van der Waals surface area contributed by atoms with Crippen LogP contribution < -0.4 is 11.1 Å². The molecule has 18 heavy (non-hydrogen) atoms. The fourth-order valence-electron chi connectivity index (χ4n) is 2.37. The summed E-state index contributed by atoms with van der Waals surface area (Å²) in [6.07, 6.45) is 3.61. The van der Waals surface area contributed by atoms with E-state index in [-0.39, 0.29) is 36.4 Å². The van der Waals surface area contributed by atoms with Crippen molar-refractivity contribution in [2.45, 2.75) is 51.6 Å². The number of likely N-dealkylation sites (N-methyl/N-ethyl adjacent to an activating group) is 1. The Morgan fingerprint density at radius 1 is 1.39 bits per heavy atom. The van der Waals surface area contributed by atoms with Crippen molar-refractivity contribution in [1.29, 1.82) is 0 Å². The van der Waals surface area contributed by atoms with E-state index in [4.69, 9.17) is 5.73 Å². The van der Waals surface area contributed by atoms with Gasteiger partial charge in [-0.3, -0.25) is 9.59 Å². The van der Waals surface area contributed by atoms with Gasteiger partial charge >= 0.3 is 0 Å². The van der Waals surface area contributed by atoms with E-state index in [0.29, 0.717) is 6.42 Å². The Kier molecular flexibility index (Phi) is 5.59. The van der Waals surface area contributed by atoms with Gasteiger partial charge < -0.3 is 16.0 Å². The first kappa shape index (κ1) is 15.0. The SMILES string of the molecule is CC(C)NC(=O)CN(C)C(=O)C[C@@H]1CCC[C@H]1N.